The number of morpholine rings is 1. The second kappa shape index (κ2) is 11.2. The van der Waals surface area contributed by atoms with Crippen molar-refractivity contribution >= 4 is 22.5 Å². The number of methoxy groups -OCH3 is 1. The summed E-state index contributed by atoms with van der Waals surface area (Å²) in [6.45, 7) is 7.33. The van der Waals surface area contributed by atoms with Crippen LogP contribution in [0.5, 0.6) is 11.5 Å². The molecule has 2 aliphatic heterocycles. The Labute approximate surface area is 274 Å². The van der Waals surface area contributed by atoms with Gasteiger partial charge in [-0.15, -0.1) is 0 Å². The predicted molar refractivity (Wildman–Crippen MR) is 184 cm³/mol. The lowest BCUT2D eigenvalue weighted by molar-refractivity contribution is 0.122. The molecule has 6 heteroatoms. The Morgan fingerprint density at radius 1 is 0.809 bits per heavy atom. The van der Waals surface area contributed by atoms with Gasteiger partial charge in [0.1, 0.15) is 23.1 Å². The lowest BCUT2D eigenvalue weighted by Crippen LogP contribution is -2.37. The first-order chi connectivity index (χ1) is 22.9. The van der Waals surface area contributed by atoms with Crippen LogP contribution in [0.2, 0.25) is 0 Å². The zero-order valence-electron chi connectivity index (χ0n) is 26.9. The molecule has 238 valence electrons. The molecule has 0 bridgehead atoms. The highest BCUT2D eigenvalue weighted by molar-refractivity contribution is 6.08. The van der Waals surface area contributed by atoms with Crippen LogP contribution in [0.3, 0.4) is 0 Å². The summed E-state index contributed by atoms with van der Waals surface area (Å²) in [5.41, 5.74) is 5.55. The number of nitrogens with zero attached hydrogens (tertiary/aromatic N) is 1. The van der Waals surface area contributed by atoms with Gasteiger partial charge in [-0.25, -0.2) is 8.78 Å². The van der Waals surface area contributed by atoms with Crippen LogP contribution in [0.1, 0.15) is 54.5 Å². The van der Waals surface area contributed by atoms with E-state index in [4.69, 9.17) is 14.2 Å². The van der Waals surface area contributed by atoms with Crippen LogP contribution in [0.15, 0.2) is 91.0 Å². The highest BCUT2D eigenvalue weighted by Gasteiger charge is 2.48. The van der Waals surface area contributed by atoms with Gasteiger partial charge in [0.15, 0.2) is 5.60 Å². The molecule has 5 aromatic rings. The number of rotatable bonds is 6. The summed E-state index contributed by atoms with van der Waals surface area (Å²) < 4.78 is 49.3. The molecule has 0 N–H and O–H groups in total. The third-order valence-corrected chi connectivity index (χ3v) is 10.6. The number of benzene rings is 5. The Kier molecular flexibility index (Phi) is 7.10. The van der Waals surface area contributed by atoms with Gasteiger partial charge in [-0.3, -0.25) is 0 Å². The summed E-state index contributed by atoms with van der Waals surface area (Å²) >= 11 is 0. The monoisotopic (exact) mass is 629 g/mol. The minimum absolute atomic E-state index is 0.494. The van der Waals surface area contributed by atoms with E-state index in [1.807, 2.05) is 24.3 Å². The summed E-state index contributed by atoms with van der Waals surface area (Å²) in [4.78, 5) is 2.34. The van der Waals surface area contributed by atoms with E-state index in [2.05, 4.69) is 79.4 Å². The summed E-state index contributed by atoms with van der Waals surface area (Å²) in [6, 6.07) is 27.3. The quantitative estimate of drug-likeness (QED) is 0.187. The standard InChI is InChI=1S/C41H37F2NO3/c1-4-40(5-2)37-34(24-28(42)25-35(37)43)36-31-8-6-7-9-32(31)39-33(38(36)40)18-19-41(47-39,27-12-16-30(45-3)17-13-27)26-10-14-29(15-11-26)44-20-22-46-23-21-44/h6-19,24-25H,4-5,20-23H2,1-3H3. The predicted octanol–water partition coefficient (Wildman–Crippen LogP) is 9.40. The highest BCUT2D eigenvalue weighted by Crippen LogP contribution is 2.61. The van der Waals surface area contributed by atoms with Crippen LogP contribution in [0.25, 0.3) is 28.0 Å². The van der Waals surface area contributed by atoms with Gasteiger partial charge >= 0.3 is 0 Å². The van der Waals surface area contributed by atoms with Crippen LogP contribution < -0.4 is 14.4 Å². The van der Waals surface area contributed by atoms with Gasteiger partial charge in [0, 0.05) is 57.9 Å². The van der Waals surface area contributed by atoms with Crippen molar-refractivity contribution in [2.45, 2.75) is 37.7 Å². The molecule has 1 fully saturated rings. The Morgan fingerprint density at radius 3 is 2.13 bits per heavy atom. The molecule has 0 aromatic heterocycles. The maximum absolute atomic E-state index is 15.9. The molecule has 8 rings (SSSR count). The molecular weight excluding hydrogens is 592 g/mol. The maximum Gasteiger partial charge on any atom is 0.178 e. The third kappa shape index (κ3) is 4.34. The van der Waals surface area contributed by atoms with Gasteiger partial charge in [-0.05, 0) is 71.3 Å². The van der Waals surface area contributed by atoms with Gasteiger partial charge in [-0.1, -0.05) is 68.5 Å². The molecule has 2 heterocycles. The highest BCUT2D eigenvalue weighted by atomic mass is 19.1. The molecule has 1 unspecified atom stereocenters. The van der Waals surface area contributed by atoms with Gasteiger partial charge in [-0.2, -0.15) is 0 Å². The first-order valence-corrected chi connectivity index (χ1v) is 16.5. The molecule has 4 nitrogen and oxygen atoms in total. The minimum atomic E-state index is -0.955. The Hall–Kier alpha value is -4.68. The van der Waals surface area contributed by atoms with Crippen molar-refractivity contribution in [3.8, 4) is 22.6 Å². The van der Waals surface area contributed by atoms with E-state index < -0.39 is 22.7 Å². The largest absolute Gasteiger partial charge is 0.497 e. The molecule has 0 spiro atoms. The van der Waals surface area contributed by atoms with Crippen LogP contribution in [0.4, 0.5) is 14.5 Å². The molecule has 0 radical (unpaired) electrons. The van der Waals surface area contributed by atoms with Crippen molar-refractivity contribution < 1.29 is 23.0 Å². The van der Waals surface area contributed by atoms with Crippen molar-refractivity contribution in [3.63, 3.8) is 0 Å². The van der Waals surface area contributed by atoms with Crippen LogP contribution in [-0.2, 0) is 15.8 Å². The third-order valence-electron chi connectivity index (χ3n) is 10.6. The lowest BCUT2D eigenvalue weighted by Gasteiger charge is -2.39. The molecule has 3 aliphatic rings. The van der Waals surface area contributed by atoms with Crippen LogP contribution in [-0.4, -0.2) is 33.4 Å². The molecule has 0 saturated carbocycles. The summed E-state index contributed by atoms with van der Waals surface area (Å²) in [5, 5.41) is 1.84. The average Bonchev–Trinajstić information content (AvgIpc) is 3.43. The first kappa shape index (κ1) is 29.7. The number of halogens is 2. The van der Waals surface area contributed by atoms with Crippen molar-refractivity contribution in [1.82, 2.24) is 0 Å². The van der Waals surface area contributed by atoms with E-state index >= 15 is 4.39 Å². The van der Waals surface area contributed by atoms with E-state index in [9.17, 15) is 4.39 Å². The minimum Gasteiger partial charge on any atom is -0.497 e. The second-order valence-electron chi connectivity index (χ2n) is 12.7. The zero-order chi connectivity index (χ0) is 32.3. The maximum atomic E-state index is 15.9. The number of anilines is 1. The molecule has 1 saturated heterocycles. The fourth-order valence-corrected chi connectivity index (χ4v) is 8.26. The average molecular weight is 630 g/mol. The Balaban J connectivity index is 1.38. The fraction of sp³-hybridized carbons (Fsp3) is 0.268. The smallest absolute Gasteiger partial charge is 0.178 e. The molecule has 1 aliphatic carbocycles. The normalized spacial score (nSPS) is 19.2. The Bertz CT molecular complexity index is 2030. The molecule has 47 heavy (non-hydrogen) atoms. The van der Waals surface area contributed by atoms with E-state index in [1.165, 1.54) is 6.07 Å². The van der Waals surface area contributed by atoms with Gasteiger partial charge < -0.3 is 19.1 Å². The van der Waals surface area contributed by atoms with Gasteiger partial charge in [0.05, 0.1) is 20.3 Å². The molecule has 5 aromatic carbocycles. The number of hydrogen-bond donors (Lipinski definition) is 0. The van der Waals surface area contributed by atoms with Crippen molar-refractivity contribution in [1.29, 1.82) is 0 Å². The van der Waals surface area contributed by atoms with E-state index in [1.54, 1.807) is 7.11 Å². The van der Waals surface area contributed by atoms with Crippen molar-refractivity contribution in [2.75, 3.05) is 38.3 Å². The summed E-state index contributed by atoms with van der Waals surface area (Å²) in [6.07, 6.45) is 5.62. The zero-order valence-corrected chi connectivity index (χ0v) is 26.9. The number of ether oxygens (including phenoxy) is 3. The van der Waals surface area contributed by atoms with Crippen LogP contribution in [0, 0.1) is 11.6 Å². The summed E-state index contributed by atoms with van der Waals surface area (Å²) in [7, 11) is 1.66. The first-order valence-electron chi connectivity index (χ1n) is 16.5. The second-order valence-corrected chi connectivity index (χ2v) is 12.7. The molecular formula is C41H37F2NO3. The fourth-order valence-electron chi connectivity index (χ4n) is 8.26. The number of hydrogen-bond acceptors (Lipinski definition) is 4. The Morgan fingerprint density at radius 2 is 1.47 bits per heavy atom. The van der Waals surface area contributed by atoms with Crippen molar-refractivity contribution in [3.05, 3.63) is 130 Å². The summed E-state index contributed by atoms with van der Waals surface area (Å²) in [5.74, 6) is 0.446. The molecule has 0 amide bonds. The van der Waals surface area contributed by atoms with Gasteiger partial charge in [0.25, 0.3) is 0 Å². The SMILES string of the molecule is CCC1(CC)c2c(F)cc(F)cc2-c2c1c1c(c3ccccc23)OC(c2ccc(OC)cc2)(c2ccc(N3CCOCC3)cc2)C=C1. The van der Waals surface area contributed by atoms with Crippen LogP contribution >= 0.6 is 0 Å². The lowest BCUT2D eigenvalue weighted by atomic mass is 9.71. The van der Waals surface area contributed by atoms with Gasteiger partial charge in [0.2, 0.25) is 0 Å². The topological polar surface area (TPSA) is 30.9 Å². The van der Waals surface area contributed by atoms with E-state index in [0.717, 1.165) is 88.1 Å². The molecule has 1 atom stereocenters. The van der Waals surface area contributed by atoms with Crippen molar-refractivity contribution in [2.24, 2.45) is 0 Å². The number of fused-ring (bicyclic) bond motifs is 8. The van der Waals surface area contributed by atoms with E-state index in [-0.39, 0.29) is 0 Å². The van der Waals surface area contributed by atoms with E-state index in [0.29, 0.717) is 24.0 Å².